The summed E-state index contributed by atoms with van der Waals surface area (Å²) in [7, 11) is 0. The van der Waals surface area contributed by atoms with Crippen molar-refractivity contribution in [3.63, 3.8) is 0 Å². The fraction of sp³-hybridized carbons (Fsp3) is 0. The van der Waals surface area contributed by atoms with Crippen LogP contribution in [0.2, 0.25) is 0 Å². The Morgan fingerprint density at radius 2 is 0.578 bits per heavy atom. The standard InChI is InChI=1S/2C13H9.2C7H6O2.Ti/c2*1-3-7-12-10(5-1)9-11-6-2-4-8-13(11)12;2*8-7(9)6-4-2-1-3-5-6;/h2*1-9H;2*1-5H,(H,8,9);/q2*-1;;;+2. The van der Waals surface area contributed by atoms with Gasteiger partial charge in [0.1, 0.15) is 0 Å². The number of hydrogen-bond donors (Lipinski definition) is 2. The monoisotopic (exact) mass is 622 g/mol. The summed E-state index contributed by atoms with van der Waals surface area (Å²) in [6, 6.07) is 55.1. The molecule has 218 valence electrons. The zero-order valence-electron chi connectivity index (χ0n) is 24.4. The van der Waals surface area contributed by atoms with Gasteiger partial charge >= 0.3 is 33.7 Å². The minimum Gasteiger partial charge on any atom is -0.478 e. The number of fused-ring (bicyclic) bond motifs is 6. The minimum absolute atomic E-state index is 0. The van der Waals surface area contributed by atoms with Crippen molar-refractivity contribution in [2.45, 2.75) is 0 Å². The molecule has 0 aliphatic heterocycles. The van der Waals surface area contributed by atoms with Gasteiger partial charge in [-0.3, -0.25) is 0 Å². The first kappa shape index (κ1) is 32.6. The predicted molar refractivity (Wildman–Crippen MR) is 181 cm³/mol. The average Bonchev–Trinajstić information content (AvgIpc) is 3.65. The van der Waals surface area contributed by atoms with Crippen LogP contribution in [0.15, 0.2) is 170 Å². The second kappa shape index (κ2) is 16.0. The first-order chi connectivity index (χ1) is 21.5. The summed E-state index contributed by atoms with van der Waals surface area (Å²) < 4.78 is 0. The molecule has 0 saturated carbocycles. The largest absolute Gasteiger partial charge is 2.00 e. The SMILES string of the molecule is O=C(O)c1ccccc1.O=C(O)c1ccccc1.[Ti+2].c1ccc2c(c1)[cH-]c1ccccc12.c1ccc2c(c1)[cH-]c1ccccc12. The second-order valence-corrected chi connectivity index (χ2v) is 9.98. The normalized spacial score (nSPS) is 9.96. The Hall–Kier alpha value is -5.29. The molecule has 5 heteroatoms. The maximum Gasteiger partial charge on any atom is 2.00 e. The Bertz CT molecular complexity index is 1870. The summed E-state index contributed by atoms with van der Waals surface area (Å²) in [6.07, 6.45) is 0. The van der Waals surface area contributed by atoms with Crippen LogP contribution in [0.3, 0.4) is 0 Å². The van der Waals surface area contributed by atoms with E-state index in [1.165, 1.54) is 43.1 Å². The Labute approximate surface area is 276 Å². The van der Waals surface area contributed by atoms with Crippen LogP contribution in [0.25, 0.3) is 43.1 Å². The van der Waals surface area contributed by atoms with E-state index >= 15 is 0 Å². The fourth-order valence-electron chi connectivity index (χ4n) is 4.97. The number of aromatic carboxylic acids is 2. The van der Waals surface area contributed by atoms with Crippen LogP contribution >= 0.6 is 0 Å². The predicted octanol–water partition coefficient (Wildman–Crippen LogP) is 10.2. The van der Waals surface area contributed by atoms with Crippen molar-refractivity contribution in [2.75, 3.05) is 0 Å². The van der Waals surface area contributed by atoms with E-state index in [1.807, 2.05) is 0 Å². The number of benzene rings is 6. The zero-order chi connectivity index (χ0) is 30.7. The molecule has 4 nitrogen and oxygen atoms in total. The Morgan fingerprint density at radius 1 is 0.356 bits per heavy atom. The Kier molecular flexibility index (Phi) is 11.6. The topological polar surface area (TPSA) is 74.6 Å². The quantitative estimate of drug-likeness (QED) is 0.149. The van der Waals surface area contributed by atoms with Gasteiger partial charge in [0, 0.05) is 0 Å². The van der Waals surface area contributed by atoms with Gasteiger partial charge in [-0.15, -0.1) is 79.5 Å². The van der Waals surface area contributed by atoms with Crippen LogP contribution in [0.4, 0.5) is 0 Å². The third-order valence-electron chi connectivity index (χ3n) is 7.09. The van der Waals surface area contributed by atoms with Crippen molar-refractivity contribution in [3.05, 3.63) is 181 Å². The van der Waals surface area contributed by atoms with Crippen LogP contribution in [0.5, 0.6) is 0 Å². The van der Waals surface area contributed by atoms with Gasteiger partial charge in [0.05, 0.1) is 11.1 Å². The van der Waals surface area contributed by atoms with Gasteiger partial charge in [-0.05, 0) is 24.3 Å². The van der Waals surface area contributed by atoms with E-state index in [0.717, 1.165) is 0 Å². The van der Waals surface area contributed by atoms with Gasteiger partial charge in [-0.25, -0.2) is 9.59 Å². The third-order valence-corrected chi connectivity index (χ3v) is 7.09. The van der Waals surface area contributed by atoms with Gasteiger partial charge in [0.2, 0.25) is 0 Å². The van der Waals surface area contributed by atoms with Gasteiger partial charge in [0.25, 0.3) is 0 Å². The first-order valence-electron chi connectivity index (χ1n) is 14.1. The molecule has 0 saturated heterocycles. The van der Waals surface area contributed by atoms with E-state index in [1.54, 1.807) is 60.7 Å². The van der Waals surface area contributed by atoms with Crippen LogP contribution < -0.4 is 0 Å². The fourth-order valence-corrected chi connectivity index (χ4v) is 4.97. The van der Waals surface area contributed by atoms with Crippen molar-refractivity contribution in [2.24, 2.45) is 0 Å². The van der Waals surface area contributed by atoms with Crippen molar-refractivity contribution in [1.29, 1.82) is 0 Å². The van der Waals surface area contributed by atoms with Crippen molar-refractivity contribution >= 4 is 55.0 Å². The summed E-state index contributed by atoms with van der Waals surface area (Å²) in [4.78, 5) is 20.4. The van der Waals surface area contributed by atoms with Crippen LogP contribution in [-0.4, -0.2) is 22.2 Å². The molecule has 0 amide bonds. The number of carboxylic acid groups (broad SMARTS) is 2. The molecule has 0 radical (unpaired) electrons. The van der Waals surface area contributed by atoms with E-state index in [0.29, 0.717) is 11.1 Å². The molecule has 0 spiro atoms. The van der Waals surface area contributed by atoms with E-state index in [-0.39, 0.29) is 21.7 Å². The van der Waals surface area contributed by atoms with E-state index in [2.05, 4.69) is 109 Å². The van der Waals surface area contributed by atoms with E-state index in [9.17, 15) is 9.59 Å². The van der Waals surface area contributed by atoms with Crippen LogP contribution in [0.1, 0.15) is 20.7 Å². The van der Waals surface area contributed by atoms with Gasteiger partial charge in [-0.1, -0.05) is 109 Å². The molecule has 0 aromatic heterocycles. The number of carbonyl (C=O) groups is 2. The second-order valence-electron chi connectivity index (χ2n) is 9.98. The smallest absolute Gasteiger partial charge is 0.478 e. The molecule has 8 aromatic rings. The molecular weight excluding hydrogens is 592 g/mol. The molecule has 0 bridgehead atoms. The molecule has 0 atom stereocenters. The zero-order valence-corrected chi connectivity index (χ0v) is 25.9. The van der Waals surface area contributed by atoms with Gasteiger partial charge in [-0.2, -0.15) is 0 Å². The molecule has 45 heavy (non-hydrogen) atoms. The minimum atomic E-state index is -0.879. The van der Waals surface area contributed by atoms with Gasteiger partial charge < -0.3 is 10.2 Å². The maximum atomic E-state index is 10.2. The summed E-state index contributed by atoms with van der Waals surface area (Å²) in [6.45, 7) is 0. The number of carboxylic acids is 2. The third kappa shape index (κ3) is 8.42. The Morgan fingerprint density at radius 3 is 0.800 bits per heavy atom. The molecule has 0 aliphatic carbocycles. The van der Waals surface area contributed by atoms with E-state index < -0.39 is 11.9 Å². The average molecular weight is 623 g/mol. The maximum absolute atomic E-state index is 10.2. The van der Waals surface area contributed by atoms with Crippen molar-refractivity contribution in [3.8, 4) is 0 Å². The summed E-state index contributed by atoms with van der Waals surface area (Å²) in [5.41, 5.74) is 0.662. The van der Waals surface area contributed by atoms with Crippen LogP contribution in [-0.2, 0) is 21.7 Å². The van der Waals surface area contributed by atoms with Crippen molar-refractivity contribution < 1.29 is 41.5 Å². The summed E-state index contributed by atoms with van der Waals surface area (Å²) in [5.74, 6) is -1.76. The number of rotatable bonds is 2. The first-order valence-corrected chi connectivity index (χ1v) is 14.1. The van der Waals surface area contributed by atoms with Crippen LogP contribution in [0, 0.1) is 0 Å². The molecule has 0 unspecified atom stereocenters. The summed E-state index contributed by atoms with van der Waals surface area (Å²) in [5, 5.41) is 27.6. The molecule has 8 rings (SSSR count). The molecule has 0 fully saturated rings. The molecular formula is C40H30O4Ti. The molecule has 8 aromatic carbocycles. The Balaban J connectivity index is 0.000000138. The van der Waals surface area contributed by atoms with Crippen molar-refractivity contribution in [1.82, 2.24) is 0 Å². The molecule has 2 N–H and O–H groups in total. The van der Waals surface area contributed by atoms with E-state index in [4.69, 9.17) is 10.2 Å². The van der Waals surface area contributed by atoms with Gasteiger partial charge in [0.15, 0.2) is 0 Å². The molecule has 0 aliphatic rings. The summed E-state index contributed by atoms with van der Waals surface area (Å²) >= 11 is 0. The molecule has 0 heterocycles. The number of hydrogen-bond acceptors (Lipinski definition) is 2.